The van der Waals surface area contributed by atoms with Crippen molar-refractivity contribution >= 4 is 16.3 Å². The molecule has 0 saturated heterocycles. The van der Waals surface area contributed by atoms with E-state index in [1.165, 1.54) is 55.3 Å². The zero-order valence-corrected chi connectivity index (χ0v) is 16.9. The first-order chi connectivity index (χ1) is 14.2. The molecular formula is C28H25N. The van der Waals surface area contributed by atoms with Crippen molar-refractivity contribution < 1.29 is 0 Å². The predicted molar refractivity (Wildman–Crippen MR) is 124 cm³/mol. The Morgan fingerprint density at radius 2 is 1.55 bits per heavy atom. The highest BCUT2D eigenvalue weighted by atomic mass is 14.6. The number of aryl methyl sites for hydroxylation is 2. The van der Waals surface area contributed by atoms with Crippen molar-refractivity contribution in [2.24, 2.45) is 5.73 Å². The molecule has 0 fully saturated rings. The minimum absolute atomic E-state index is 0.0968. The Hall–Kier alpha value is -3.16. The van der Waals surface area contributed by atoms with Crippen LogP contribution in [0.5, 0.6) is 0 Å². The Bertz CT molecular complexity index is 1250. The largest absolute Gasteiger partial charge is 0.321 e. The van der Waals surface area contributed by atoms with Crippen LogP contribution in [0.2, 0.25) is 0 Å². The van der Waals surface area contributed by atoms with Gasteiger partial charge in [0.15, 0.2) is 0 Å². The van der Waals surface area contributed by atoms with E-state index in [9.17, 15) is 0 Å². The first-order valence-corrected chi connectivity index (χ1v) is 10.4. The fourth-order valence-electron chi connectivity index (χ4n) is 4.64. The first kappa shape index (κ1) is 17.9. The SMILES string of the molecule is CCc1ccc(C2=CC(N)c3c2cccc3-c2c(C)ccc3ccccc23)cc1. The molecule has 1 heteroatoms. The van der Waals surface area contributed by atoms with Crippen molar-refractivity contribution in [3.8, 4) is 11.1 Å². The fourth-order valence-corrected chi connectivity index (χ4v) is 4.64. The van der Waals surface area contributed by atoms with Gasteiger partial charge in [0, 0.05) is 0 Å². The lowest BCUT2D eigenvalue weighted by Crippen LogP contribution is -2.07. The molecule has 142 valence electrons. The summed E-state index contributed by atoms with van der Waals surface area (Å²) < 4.78 is 0. The van der Waals surface area contributed by atoms with Crippen LogP contribution >= 0.6 is 0 Å². The lowest BCUT2D eigenvalue weighted by atomic mass is 9.87. The van der Waals surface area contributed by atoms with Gasteiger partial charge in [0.1, 0.15) is 0 Å². The molecule has 0 bridgehead atoms. The van der Waals surface area contributed by atoms with E-state index in [1.807, 2.05) is 0 Å². The summed E-state index contributed by atoms with van der Waals surface area (Å²) in [6.07, 6.45) is 3.27. The average Bonchev–Trinajstić information content (AvgIpc) is 3.11. The van der Waals surface area contributed by atoms with Crippen molar-refractivity contribution in [2.45, 2.75) is 26.3 Å². The van der Waals surface area contributed by atoms with Gasteiger partial charge in [-0.25, -0.2) is 0 Å². The van der Waals surface area contributed by atoms with Crippen LogP contribution in [0.3, 0.4) is 0 Å². The van der Waals surface area contributed by atoms with Crippen LogP contribution < -0.4 is 5.73 Å². The van der Waals surface area contributed by atoms with Gasteiger partial charge in [-0.3, -0.25) is 0 Å². The second-order valence-corrected chi connectivity index (χ2v) is 7.90. The molecule has 0 heterocycles. The van der Waals surface area contributed by atoms with Crippen LogP contribution in [0, 0.1) is 6.92 Å². The summed E-state index contributed by atoms with van der Waals surface area (Å²) in [5.74, 6) is 0. The van der Waals surface area contributed by atoms with Gasteiger partial charge in [-0.05, 0) is 68.6 Å². The normalized spacial score (nSPS) is 15.4. The van der Waals surface area contributed by atoms with Gasteiger partial charge in [-0.2, -0.15) is 0 Å². The van der Waals surface area contributed by atoms with Crippen molar-refractivity contribution in [3.05, 3.63) is 113 Å². The maximum absolute atomic E-state index is 6.69. The van der Waals surface area contributed by atoms with E-state index < -0.39 is 0 Å². The monoisotopic (exact) mass is 375 g/mol. The van der Waals surface area contributed by atoms with Crippen LogP contribution in [-0.2, 0) is 6.42 Å². The second kappa shape index (κ2) is 7.02. The Labute approximate surface area is 172 Å². The molecule has 4 aromatic rings. The quantitative estimate of drug-likeness (QED) is 0.417. The van der Waals surface area contributed by atoms with E-state index in [0.29, 0.717) is 0 Å². The highest BCUT2D eigenvalue weighted by molar-refractivity contribution is 6.01. The summed E-state index contributed by atoms with van der Waals surface area (Å²) in [6.45, 7) is 4.38. The molecule has 0 aromatic heterocycles. The van der Waals surface area contributed by atoms with E-state index >= 15 is 0 Å². The lowest BCUT2D eigenvalue weighted by molar-refractivity contribution is 0.933. The summed E-state index contributed by atoms with van der Waals surface area (Å²) in [5.41, 5.74) is 16.9. The molecule has 1 unspecified atom stereocenters. The van der Waals surface area contributed by atoms with Crippen LogP contribution in [0.25, 0.3) is 27.5 Å². The van der Waals surface area contributed by atoms with Crippen molar-refractivity contribution in [2.75, 3.05) is 0 Å². The number of nitrogens with two attached hydrogens (primary N) is 1. The third kappa shape index (κ3) is 2.90. The Balaban J connectivity index is 1.71. The van der Waals surface area contributed by atoms with E-state index in [2.05, 4.69) is 98.8 Å². The third-order valence-electron chi connectivity index (χ3n) is 6.16. The first-order valence-electron chi connectivity index (χ1n) is 10.4. The number of hydrogen-bond acceptors (Lipinski definition) is 1. The molecule has 5 rings (SSSR count). The van der Waals surface area contributed by atoms with Crippen LogP contribution in [0.15, 0.2) is 84.9 Å². The predicted octanol–water partition coefficient (Wildman–Crippen LogP) is 6.82. The molecule has 1 aliphatic carbocycles. The van der Waals surface area contributed by atoms with Gasteiger partial charge in [0.2, 0.25) is 0 Å². The standard InChI is InChI=1S/C28H25N/c1-3-19-12-15-21(16-13-19)25-17-26(29)28-23(25)9-6-10-24(28)27-18(2)11-14-20-7-4-5-8-22(20)27/h4-17,26H,3,29H2,1-2H3. The van der Waals surface area contributed by atoms with E-state index in [-0.39, 0.29) is 6.04 Å². The summed E-state index contributed by atoms with van der Waals surface area (Å²) >= 11 is 0. The minimum atomic E-state index is -0.0968. The lowest BCUT2D eigenvalue weighted by Gasteiger charge is -2.17. The highest BCUT2D eigenvalue weighted by Gasteiger charge is 2.26. The molecule has 4 aromatic carbocycles. The summed E-state index contributed by atoms with van der Waals surface area (Å²) in [4.78, 5) is 0. The van der Waals surface area contributed by atoms with E-state index in [1.54, 1.807) is 0 Å². The van der Waals surface area contributed by atoms with Gasteiger partial charge in [-0.15, -0.1) is 0 Å². The molecule has 29 heavy (non-hydrogen) atoms. The minimum Gasteiger partial charge on any atom is -0.321 e. The van der Waals surface area contributed by atoms with Crippen molar-refractivity contribution in [3.63, 3.8) is 0 Å². The molecule has 2 N–H and O–H groups in total. The van der Waals surface area contributed by atoms with Gasteiger partial charge in [0.25, 0.3) is 0 Å². The molecule has 0 saturated carbocycles. The summed E-state index contributed by atoms with van der Waals surface area (Å²) in [6, 6.07) is 28.4. The number of rotatable bonds is 3. The summed E-state index contributed by atoms with van der Waals surface area (Å²) in [7, 11) is 0. The molecule has 1 aliphatic rings. The van der Waals surface area contributed by atoms with Crippen LogP contribution in [0.4, 0.5) is 0 Å². The molecule has 1 nitrogen and oxygen atoms in total. The van der Waals surface area contributed by atoms with Crippen LogP contribution in [0.1, 0.15) is 40.8 Å². The van der Waals surface area contributed by atoms with Crippen molar-refractivity contribution in [1.29, 1.82) is 0 Å². The van der Waals surface area contributed by atoms with Gasteiger partial charge in [0.05, 0.1) is 6.04 Å². The van der Waals surface area contributed by atoms with Crippen molar-refractivity contribution in [1.82, 2.24) is 0 Å². The van der Waals surface area contributed by atoms with E-state index in [4.69, 9.17) is 5.73 Å². The average molecular weight is 376 g/mol. The Morgan fingerprint density at radius 1 is 0.793 bits per heavy atom. The summed E-state index contributed by atoms with van der Waals surface area (Å²) in [5, 5.41) is 2.55. The van der Waals surface area contributed by atoms with Gasteiger partial charge < -0.3 is 5.73 Å². The molecule has 0 amide bonds. The zero-order chi connectivity index (χ0) is 20.0. The Kier molecular flexibility index (Phi) is 4.34. The van der Waals surface area contributed by atoms with Gasteiger partial charge in [-0.1, -0.05) is 91.9 Å². The smallest absolute Gasteiger partial charge is 0.0502 e. The third-order valence-corrected chi connectivity index (χ3v) is 6.16. The number of benzene rings is 4. The molecule has 0 spiro atoms. The topological polar surface area (TPSA) is 26.0 Å². The number of hydrogen-bond donors (Lipinski definition) is 1. The molecule has 1 atom stereocenters. The maximum Gasteiger partial charge on any atom is 0.0502 e. The highest BCUT2D eigenvalue weighted by Crippen LogP contribution is 2.44. The Morgan fingerprint density at radius 3 is 2.34 bits per heavy atom. The second-order valence-electron chi connectivity index (χ2n) is 7.90. The van der Waals surface area contributed by atoms with E-state index in [0.717, 1.165) is 6.42 Å². The fraction of sp³-hybridized carbons (Fsp3) is 0.143. The molecule has 0 aliphatic heterocycles. The zero-order valence-electron chi connectivity index (χ0n) is 16.9. The number of fused-ring (bicyclic) bond motifs is 2. The van der Waals surface area contributed by atoms with Crippen LogP contribution in [-0.4, -0.2) is 0 Å². The maximum atomic E-state index is 6.69. The molecular weight excluding hydrogens is 350 g/mol. The van der Waals surface area contributed by atoms with Gasteiger partial charge >= 0.3 is 0 Å². The molecule has 0 radical (unpaired) electrons.